The zero-order chi connectivity index (χ0) is 18.8. The van der Waals surface area contributed by atoms with Crippen molar-refractivity contribution in [1.29, 1.82) is 0 Å². The van der Waals surface area contributed by atoms with Crippen LogP contribution >= 0.6 is 55.8 Å². The Kier molecular flexibility index (Phi) is 10.3. The number of nitrogens with one attached hydrogen (secondary N) is 1. The van der Waals surface area contributed by atoms with Gasteiger partial charge in [-0.25, -0.2) is 0 Å². The van der Waals surface area contributed by atoms with E-state index in [0.29, 0.717) is 4.91 Å². The second kappa shape index (κ2) is 11.6. The lowest BCUT2D eigenvalue weighted by atomic mass is 10.1. The summed E-state index contributed by atoms with van der Waals surface area (Å²) < 4.78 is 3.61. The summed E-state index contributed by atoms with van der Waals surface area (Å²) in [5, 5.41) is 2.60. The van der Waals surface area contributed by atoms with Crippen LogP contribution in [0.25, 0.3) is 6.08 Å². The molecule has 1 N–H and O–H groups in total. The van der Waals surface area contributed by atoms with Crippen molar-refractivity contribution in [3.8, 4) is 0 Å². The van der Waals surface area contributed by atoms with Crippen molar-refractivity contribution in [3.05, 3.63) is 73.0 Å². The van der Waals surface area contributed by atoms with Gasteiger partial charge in [0.2, 0.25) is 0 Å². The fourth-order valence-electron chi connectivity index (χ4n) is 1.77. The van der Waals surface area contributed by atoms with Crippen LogP contribution in [0.5, 0.6) is 0 Å². The summed E-state index contributed by atoms with van der Waals surface area (Å²) in [6.45, 7) is 4.08. The second-order valence-electron chi connectivity index (χ2n) is 5.10. The Hall–Kier alpha value is -0.950. The predicted octanol–water partition coefficient (Wildman–Crippen LogP) is 6.29. The molecule has 132 valence electrons. The van der Waals surface area contributed by atoms with Gasteiger partial charge in [0, 0.05) is 20.7 Å². The zero-order valence-corrected chi connectivity index (χ0v) is 19.0. The van der Waals surface area contributed by atoms with Crippen LogP contribution in [0.15, 0.2) is 56.3 Å². The fraction of sp³-hybridized carbons (Fsp3) is 0.158. The minimum Gasteiger partial charge on any atom is -0.355 e. The van der Waals surface area contributed by atoms with Crippen molar-refractivity contribution in [2.24, 2.45) is 0 Å². The van der Waals surface area contributed by atoms with E-state index in [1.165, 1.54) is 22.0 Å². The number of thiocarbonyl (C=S) groups is 1. The Morgan fingerprint density at radius 1 is 1.08 bits per heavy atom. The van der Waals surface area contributed by atoms with Gasteiger partial charge in [-0.15, -0.1) is 0 Å². The molecule has 0 radical (unpaired) electrons. The molecule has 0 heterocycles. The largest absolute Gasteiger partial charge is 0.355 e. The van der Waals surface area contributed by atoms with Gasteiger partial charge in [0.05, 0.1) is 4.91 Å². The summed E-state index contributed by atoms with van der Waals surface area (Å²) in [4.78, 5) is 12.2. The third-order valence-electron chi connectivity index (χ3n) is 3.16. The van der Waals surface area contributed by atoms with E-state index in [4.69, 9.17) is 12.2 Å². The minimum absolute atomic E-state index is 0.129. The molecule has 0 aliphatic heterocycles. The summed E-state index contributed by atoms with van der Waals surface area (Å²) in [6, 6.07) is 14.2. The molecule has 0 aliphatic rings. The Balaban J connectivity index is 0.000000324. The summed E-state index contributed by atoms with van der Waals surface area (Å²) in [6.07, 6.45) is 1.84. The lowest BCUT2D eigenvalue weighted by molar-refractivity contribution is -0.116. The van der Waals surface area contributed by atoms with Crippen molar-refractivity contribution < 1.29 is 4.79 Å². The van der Waals surface area contributed by atoms with E-state index >= 15 is 0 Å². The summed E-state index contributed by atoms with van der Waals surface area (Å²) >= 11 is 12.8. The van der Waals surface area contributed by atoms with Crippen LogP contribution in [0.4, 0.5) is 0 Å². The molecule has 0 fully saturated rings. The van der Waals surface area contributed by atoms with Crippen LogP contribution in [0.2, 0.25) is 0 Å². The quantitative estimate of drug-likeness (QED) is 0.395. The predicted molar refractivity (Wildman–Crippen MR) is 121 cm³/mol. The van der Waals surface area contributed by atoms with Gasteiger partial charge in [-0.05, 0) is 55.3 Å². The lowest BCUT2D eigenvalue weighted by Gasteiger charge is -2.05. The first-order valence-corrected chi connectivity index (χ1v) is 10.3. The number of likely N-dealkylation sites (N-methyl/N-ethyl adjacent to an activating group) is 1. The molecule has 0 unspecified atom stereocenters. The molecular weight excluding hydrogens is 482 g/mol. The van der Waals surface area contributed by atoms with E-state index in [2.05, 4.69) is 56.2 Å². The van der Waals surface area contributed by atoms with Crippen molar-refractivity contribution in [3.63, 3.8) is 0 Å². The number of thioether (sulfide) groups is 1. The summed E-state index contributed by atoms with van der Waals surface area (Å²) in [5.41, 5.74) is 3.41. The van der Waals surface area contributed by atoms with Crippen LogP contribution in [-0.4, -0.2) is 17.7 Å². The monoisotopic (exact) mass is 499 g/mol. The Morgan fingerprint density at radius 3 is 2.20 bits per heavy atom. The van der Waals surface area contributed by atoms with Crippen molar-refractivity contribution in [1.82, 2.24) is 5.32 Å². The van der Waals surface area contributed by atoms with Crippen molar-refractivity contribution >= 4 is 72.5 Å². The standard InChI is InChI=1S/C12H12BrNOS2.C7H7Br/c1-8-3-4-10(13)5-9(8)6-11(17-7-16)12(15)14-2;1-6-2-4-7(8)5-3-6/h3-7H,1-2H3,(H,14,15);2-5H,1H3/b11-6-;. The molecule has 2 rings (SSSR count). The first kappa shape index (κ1) is 22.1. The van der Waals surface area contributed by atoms with E-state index in [0.717, 1.165) is 20.1 Å². The van der Waals surface area contributed by atoms with Crippen LogP contribution in [0.3, 0.4) is 0 Å². The number of rotatable bonds is 4. The maximum Gasteiger partial charge on any atom is 0.257 e. The third kappa shape index (κ3) is 8.31. The second-order valence-corrected chi connectivity index (χ2v) is 8.37. The average molecular weight is 501 g/mol. The molecule has 0 aromatic heterocycles. The fourth-order valence-corrected chi connectivity index (χ4v) is 3.23. The maximum atomic E-state index is 11.6. The summed E-state index contributed by atoms with van der Waals surface area (Å²) in [7, 11) is 1.61. The number of carbonyl (C=O) groups excluding carboxylic acids is 1. The number of benzene rings is 2. The number of carbonyl (C=O) groups is 1. The van der Waals surface area contributed by atoms with Gasteiger partial charge in [0.25, 0.3) is 5.91 Å². The van der Waals surface area contributed by atoms with E-state index in [1.54, 1.807) is 7.05 Å². The summed E-state index contributed by atoms with van der Waals surface area (Å²) in [5.74, 6) is -0.129. The molecule has 0 aliphatic carbocycles. The van der Waals surface area contributed by atoms with Gasteiger partial charge in [-0.3, -0.25) is 4.79 Å². The molecule has 0 spiro atoms. The van der Waals surface area contributed by atoms with E-state index in [-0.39, 0.29) is 5.91 Å². The number of hydrogen-bond donors (Lipinski definition) is 1. The highest BCUT2D eigenvalue weighted by molar-refractivity contribution is 9.10. The maximum absolute atomic E-state index is 11.6. The number of hydrogen-bond acceptors (Lipinski definition) is 3. The van der Waals surface area contributed by atoms with Crippen molar-refractivity contribution in [2.75, 3.05) is 7.05 Å². The Labute approximate surface area is 175 Å². The van der Waals surface area contributed by atoms with Crippen LogP contribution in [-0.2, 0) is 4.79 Å². The molecule has 0 atom stereocenters. The molecule has 0 saturated heterocycles. The third-order valence-corrected chi connectivity index (χ3v) is 5.13. The molecule has 0 saturated carbocycles. The molecule has 2 aromatic carbocycles. The van der Waals surface area contributed by atoms with Crippen LogP contribution in [0, 0.1) is 13.8 Å². The van der Waals surface area contributed by atoms with Crippen LogP contribution in [0.1, 0.15) is 16.7 Å². The van der Waals surface area contributed by atoms with E-state index < -0.39 is 0 Å². The van der Waals surface area contributed by atoms with Gasteiger partial charge < -0.3 is 5.32 Å². The molecule has 1 amide bonds. The van der Waals surface area contributed by atoms with Crippen LogP contribution < -0.4 is 5.32 Å². The van der Waals surface area contributed by atoms with Gasteiger partial charge >= 0.3 is 0 Å². The van der Waals surface area contributed by atoms with E-state index in [9.17, 15) is 4.79 Å². The average Bonchev–Trinajstić information content (AvgIpc) is 2.60. The normalized spacial score (nSPS) is 10.5. The molecule has 25 heavy (non-hydrogen) atoms. The lowest BCUT2D eigenvalue weighted by Crippen LogP contribution is -2.18. The first-order chi connectivity index (χ1) is 11.9. The number of aryl methyl sites for hydroxylation is 2. The number of amides is 1. The Morgan fingerprint density at radius 2 is 1.68 bits per heavy atom. The highest BCUT2D eigenvalue weighted by atomic mass is 79.9. The van der Waals surface area contributed by atoms with E-state index in [1.807, 2.05) is 43.3 Å². The van der Waals surface area contributed by atoms with Crippen molar-refractivity contribution in [2.45, 2.75) is 13.8 Å². The molecule has 6 heteroatoms. The van der Waals surface area contributed by atoms with Gasteiger partial charge in [0.1, 0.15) is 0 Å². The molecule has 2 aromatic rings. The zero-order valence-electron chi connectivity index (χ0n) is 14.2. The molecule has 0 bridgehead atoms. The smallest absolute Gasteiger partial charge is 0.257 e. The highest BCUT2D eigenvalue weighted by Gasteiger charge is 2.08. The van der Waals surface area contributed by atoms with Gasteiger partial charge in [-0.1, -0.05) is 79.6 Å². The highest BCUT2D eigenvalue weighted by Crippen LogP contribution is 2.22. The SMILES string of the molecule is CNC(=O)/C(=C/c1cc(Br)ccc1C)SC=S.Cc1ccc(Br)cc1. The number of halogens is 2. The topological polar surface area (TPSA) is 29.1 Å². The first-order valence-electron chi connectivity index (χ1n) is 7.39. The van der Waals surface area contributed by atoms with Gasteiger partial charge in [-0.2, -0.15) is 0 Å². The molecular formula is C19H19Br2NOS2. The minimum atomic E-state index is -0.129. The molecule has 2 nitrogen and oxygen atoms in total. The van der Waals surface area contributed by atoms with Gasteiger partial charge in [0.15, 0.2) is 0 Å². The Bertz CT molecular complexity index is 738.